The fraction of sp³-hybridized carbons (Fsp3) is 0.579. The van der Waals surface area contributed by atoms with Crippen LogP contribution in [0.4, 0.5) is 0 Å². The van der Waals surface area contributed by atoms with Crippen molar-refractivity contribution >= 4 is 16.8 Å². The number of carbonyl (C=O) groups is 1. The molecule has 2 heterocycles. The second-order valence-corrected chi connectivity index (χ2v) is 8.64. The summed E-state index contributed by atoms with van der Waals surface area (Å²) < 4.78 is 0. The first-order valence-corrected chi connectivity index (χ1v) is 8.69. The molecule has 1 aliphatic heterocycles. The maximum Gasteiger partial charge on any atom is 0.256 e. The van der Waals surface area contributed by atoms with Crippen molar-refractivity contribution in [3.63, 3.8) is 0 Å². The van der Waals surface area contributed by atoms with Gasteiger partial charge in [0.1, 0.15) is 0 Å². The van der Waals surface area contributed by atoms with Crippen LogP contribution >= 0.6 is 0 Å². The number of carbonyl (C=O) groups excluding carboxylic acids is 1. The van der Waals surface area contributed by atoms with Crippen molar-refractivity contribution in [2.24, 2.45) is 16.7 Å². The van der Waals surface area contributed by atoms with Crippen LogP contribution in [0.2, 0.25) is 0 Å². The first kappa shape index (κ1) is 15.6. The standard InChI is InChI=1S/C19H26N4O/c1-18(2)10-19(11-22(3)4)12-23(9-15(18)19)17(24)14-7-5-6-13-8-20-21-16(13)14/h5-8,15H,9-12H2,1-4H3,(H,20,21)/t15-,19+/m1/s1. The summed E-state index contributed by atoms with van der Waals surface area (Å²) in [6.07, 6.45) is 2.97. The lowest BCUT2D eigenvalue weighted by Crippen LogP contribution is -2.57. The molecule has 128 valence electrons. The van der Waals surface area contributed by atoms with E-state index in [0.29, 0.717) is 11.3 Å². The van der Waals surface area contributed by atoms with Crippen molar-refractivity contribution in [1.29, 1.82) is 0 Å². The van der Waals surface area contributed by atoms with E-state index in [2.05, 4.69) is 47.9 Å². The van der Waals surface area contributed by atoms with Crippen LogP contribution in [0.3, 0.4) is 0 Å². The van der Waals surface area contributed by atoms with Crippen molar-refractivity contribution in [3.05, 3.63) is 30.0 Å². The molecule has 0 bridgehead atoms. The molecule has 2 aliphatic rings. The second-order valence-electron chi connectivity index (χ2n) is 8.64. The van der Waals surface area contributed by atoms with Crippen LogP contribution in [0.5, 0.6) is 0 Å². The van der Waals surface area contributed by atoms with E-state index in [1.54, 1.807) is 6.20 Å². The number of fused-ring (bicyclic) bond motifs is 2. The fourth-order valence-electron chi connectivity index (χ4n) is 5.44. The molecule has 1 aromatic heterocycles. The molecule has 2 fully saturated rings. The SMILES string of the molecule is CN(C)C[C@@]12CN(C(=O)c3cccc4cn[nH]c34)C[C@@H]1C(C)(C)C2. The number of para-hydroxylation sites is 1. The van der Waals surface area contributed by atoms with E-state index < -0.39 is 0 Å². The number of hydrogen-bond acceptors (Lipinski definition) is 3. The number of nitrogens with one attached hydrogen (secondary N) is 1. The first-order valence-electron chi connectivity index (χ1n) is 8.69. The second kappa shape index (κ2) is 5.06. The molecule has 1 aromatic carbocycles. The van der Waals surface area contributed by atoms with Gasteiger partial charge in [-0.2, -0.15) is 5.10 Å². The zero-order chi connectivity index (χ0) is 17.1. The third-order valence-electron chi connectivity index (χ3n) is 6.02. The monoisotopic (exact) mass is 326 g/mol. The third kappa shape index (κ3) is 2.18. The minimum absolute atomic E-state index is 0.133. The maximum absolute atomic E-state index is 13.2. The molecule has 1 amide bonds. The Hall–Kier alpha value is -1.88. The topological polar surface area (TPSA) is 52.2 Å². The Kier molecular flexibility index (Phi) is 3.29. The minimum atomic E-state index is 0.133. The molecule has 1 N–H and O–H groups in total. The molecular formula is C19H26N4O. The average Bonchev–Trinajstić information content (AvgIpc) is 3.08. The molecule has 24 heavy (non-hydrogen) atoms. The van der Waals surface area contributed by atoms with Crippen LogP contribution < -0.4 is 0 Å². The van der Waals surface area contributed by atoms with Crippen LogP contribution in [0.25, 0.3) is 10.9 Å². The fourth-order valence-corrected chi connectivity index (χ4v) is 5.44. The molecular weight excluding hydrogens is 300 g/mol. The Morgan fingerprint density at radius 3 is 2.92 bits per heavy atom. The van der Waals surface area contributed by atoms with E-state index in [1.165, 1.54) is 6.42 Å². The van der Waals surface area contributed by atoms with E-state index in [9.17, 15) is 4.79 Å². The molecule has 0 radical (unpaired) electrons. The normalized spacial score (nSPS) is 28.2. The van der Waals surface area contributed by atoms with Crippen molar-refractivity contribution in [1.82, 2.24) is 20.0 Å². The Morgan fingerprint density at radius 1 is 1.42 bits per heavy atom. The summed E-state index contributed by atoms with van der Waals surface area (Å²) in [6.45, 7) is 7.47. The Balaban J connectivity index is 1.64. The van der Waals surface area contributed by atoms with Gasteiger partial charge in [0.25, 0.3) is 5.91 Å². The lowest BCUT2D eigenvalue weighted by atomic mass is 9.48. The zero-order valence-corrected chi connectivity index (χ0v) is 15.0. The van der Waals surface area contributed by atoms with Crippen molar-refractivity contribution in [3.8, 4) is 0 Å². The van der Waals surface area contributed by atoms with E-state index in [-0.39, 0.29) is 11.3 Å². The van der Waals surface area contributed by atoms with E-state index in [1.807, 2.05) is 18.2 Å². The van der Waals surface area contributed by atoms with Crippen LogP contribution in [0, 0.1) is 16.7 Å². The summed E-state index contributed by atoms with van der Waals surface area (Å²) in [5.41, 5.74) is 2.17. The number of nitrogens with zero attached hydrogens (tertiary/aromatic N) is 3. The summed E-state index contributed by atoms with van der Waals surface area (Å²) >= 11 is 0. The van der Waals surface area contributed by atoms with Gasteiger partial charge in [0.15, 0.2) is 0 Å². The highest BCUT2D eigenvalue weighted by molar-refractivity contribution is 6.05. The number of amides is 1. The number of rotatable bonds is 3. The number of hydrogen-bond donors (Lipinski definition) is 1. The molecule has 4 rings (SSSR count). The van der Waals surface area contributed by atoms with Gasteiger partial charge < -0.3 is 9.80 Å². The summed E-state index contributed by atoms with van der Waals surface area (Å²) in [6, 6.07) is 5.84. The molecule has 2 aromatic rings. The lowest BCUT2D eigenvalue weighted by Gasteiger charge is -2.57. The Morgan fingerprint density at radius 2 is 2.21 bits per heavy atom. The third-order valence-corrected chi connectivity index (χ3v) is 6.02. The summed E-state index contributed by atoms with van der Waals surface area (Å²) in [7, 11) is 4.26. The van der Waals surface area contributed by atoms with Gasteiger partial charge in [-0.3, -0.25) is 9.89 Å². The molecule has 1 saturated heterocycles. The zero-order valence-electron chi connectivity index (χ0n) is 15.0. The van der Waals surface area contributed by atoms with Gasteiger partial charge in [-0.1, -0.05) is 26.0 Å². The van der Waals surface area contributed by atoms with Gasteiger partial charge in [-0.15, -0.1) is 0 Å². The molecule has 1 saturated carbocycles. The van der Waals surface area contributed by atoms with Crippen LogP contribution in [0.15, 0.2) is 24.4 Å². The van der Waals surface area contributed by atoms with Gasteiger partial charge in [-0.05, 0) is 37.9 Å². The number of likely N-dealkylation sites (tertiary alicyclic amines) is 1. The molecule has 0 spiro atoms. The number of benzene rings is 1. The van der Waals surface area contributed by atoms with Gasteiger partial charge in [0.2, 0.25) is 0 Å². The van der Waals surface area contributed by atoms with Gasteiger partial charge in [0, 0.05) is 30.4 Å². The van der Waals surface area contributed by atoms with Crippen LogP contribution in [0.1, 0.15) is 30.6 Å². The van der Waals surface area contributed by atoms with Crippen molar-refractivity contribution in [2.45, 2.75) is 20.3 Å². The van der Waals surface area contributed by atoms with Crippen LogP contribution in [-0.4, -0.2) is 59.6 Å². The highest BCUT2D eigenvalue weighted by Gasteiger charge is 2.63. The largest absolute Gasteiger partial charge is 0.338 e. The Labute approximate surface area is 143 Å². The molecule has 1 aliphatic carbocycles. The van der Waals surface area contributed by atoms with E-state index in [4.69, 9.17) is 0 Å². The first-order chi connectivity index (χ1) is 11.3. The minimum Gasteiger partial charge on any atom is -0.338 e. The highest BCUT2D eigenvalue weighted by atomic mass is 16.2. The number of aromatic amines is 1. The molecule has 0 unspecified atom stereocenters. The summed E-state index contributed by atoms with van der Waals surface area (Å²) in [5.74, 6) is 0.713. The predicted octanol–water partition coefficient (Wildman–Crippen LogP) is 2.61. The molecule has 5 heteroatoms. The summed E-state index contributed by atoms with van der Waals surface area (Å²) in [4.78, 5) is 17.5. The smallest absolute Gasteiger partial charge is 0.256 e. The molecule has 5 nitrogen and oxygen atoms in total. The number of aromatic nitrogens is 2. The maximum atomic E-state index is 13.2. The van der Waals surface area contributed by atoms with Crippen LogP contribution in [-0.2, 0) is 0 Å². The quantitative estimate of drug-likeness (QED) is 0.943. The van der Waals surface area contributed by atoms with Gasteiger partial charge in [-0.25, -0.2) is 0 Å². The lowest BCUT2D eigenvalue weighted by molar-refractivity contribution is -0.0789. The highest BCUT2D eigenvalue weighted by Crippen LogP contribution is 2.62. The Bertz CT molecular complexity index is 790. The van der Waals surface area contributed by atoms with E-state index in [0.717, 1.165) is 36.1 Å². The predicted molar refractivity (Wildman–Crippen MR) is 94.9 cm³/mol. The van der Waals surface area contributed by atoms with Crippen molar-refractivity contribution < 1.29 is 4.79 Å². The summed E-state index contributed by atoms with van der Waals surface area (Å²) in [5, 5.41) is 8.06. The van der Waals surface area contributed by atoms with Gasteiger partial charge >= 0.3 is 0 Å². The average molecular weight is 326 g/mol. The number of H-pyrrole nitrogens is 1. The van der Waals surface area contributed by atoms with E-state index >= 15 is 0 Å². The van der Waals surface area contributed by atoms with Crippen molar-refractivity contribution in [2.75, 3.05) is 33.7 Å². The molecule has 2 atom stereocenters. The van der Waals surface area contributed by atoms with Gasteiger partial charge in [0.05, 0.1) is 17.3 Å².